The van der Waals surface area contributed by atoms with Gasteiger partial charge in [-0.15, -0.1) is 4.68 Å². The first-order valence-corrected chi connectivity index (χ1v) is 49.4. The molecule has 0 aromatic carbocycles. The molecule has 18 nitrogen and oxygen atoms in total. The van der Waals surface area contributed by atoms with Crippen LogP contribution in [0.25, 0.3) is 38.9 Å². The number of piperazine rings is 1. The van der Waals surface area contributed by atoms with Gasteiger partial charge in [0.05, 0.1) is 99.9 Å². The third-order valence-electron chi connectivity index (χ3n) is 30.0. The van der Waals surface area contributed by atoms with Gasteiger partial charge in [0.2, 0.25) is 24.1 Å². The number of hydrogen-bond donors (Lipinski definition) is 0. The summed E-state index contributed by atoms with van der Waals surface area (Å²) in [6, 6.07) is 36.5. The van der Waals surface area contributed by atoms with Crippen molar-refractivity contribution in [2.45, 2.75) is 450 Å². The molecule has 9 aliphatic rings. The van der Waals surface area contributed by atoms with Crippen molar-refractivity contribution >= 4 is 38.9 Å². The molecule has 0 saturated carbocycles. The molecule has 19 rings (SSSR count). The molecule has 4 atom stereocenters. The number of imidazole rings is 3. The van der Waals surface area contributed by atoms with E-state index < -0.39 is 0 Å². The van der Waals surface area contributed by atoms with E-state index in [0.29, 0.717) is 72.1 Å². The van der Waals surface area contributed by atoms with Crippen LogP contribution in [0.2, 0.25) is 0 Å². The quantitative estimate of drug-likeness (QED) is 0.0707. The van der Waals surface area contributed by atoms with Crippen molar-refractivity contribution in [2.75, 3.05) is 25.6 Å². The molecular weight excluding hydrogens is 1530 g/mol. The van der Waals surface area contributed by atoms with Gasteiger partial charge in [-0.05, 0) is 270 Å². The van der Waals surface area contributed by atoms with Crippen molar-refractivity contribution in [2.24, 2.45) is 0 Å². The van der Waals surface area contributed by atoms with Gasteiger partial charge in [-0.2, -0.15) is 9.13 Å². The molecule has 7 saturated heterocycles. The molecule has 0 spiro atoms. The first kappa shape index (κ1) is 97.2. The number of oxazole rings is 1. The number of piperidine rings is 4. The summed E-state index contributed by atoms with van der Waals surface area (Å²) in [5.74, 6) is 3.84. The minimum atomic E-state index is 0.331. The van der Waals surface area contributed by atoms with Crippen LogP contribution in [0.5, 0.6) is 0 Å². The fourth-order valence-corrected chi connectivity index (χ4v) is 23.1. The van der Waals surface area contributed by atoms with Crippen LogP contribution >= 0.6 is 0 Å². The summed E-state index contributed by atoms with van der Waals surface area (Å²) in [4.78, 5) is 14.7. The Hall–Kier alpha value is -7.38. The summed E-state index contributed by atoms with van der Waals surface area (Å²) < 4.78 is 31.3. The zero-order chi connectivity index (χ0) is 90.7. The smallest absolute Gasteiger partial charge is 0.388 e. The van der Waals surface area contributed by atoms with E-state index in [2.05, 4.69) is 410 Å². The Morgan fingerprint density at radius 2 is 1.02 bits per heavy atom. The van der Waals surface area contributed by atoms with Crippen molar-refractivity contribution < 1.29 is 40.8 Å². The lowest BCUT2D eigenvalue weighted by Gasteiger charge is -2.66. The molecule has 8 bridgehead atoms. The second-order valence-corrected chi connectivity index (χ2v) is 43.0. The van der Waals surface area contributed by atoms with E-state index in [1.807, 2.05) is 24.7 Å². The Bertz CT molecular complexity index is 4860. The molecule has 10 aromatic rings. The number of rotatable bonds is 16. The summed E-state index contributed by atoms with van der Waals surface area (Å²) in [6.45, 7) is 73.5. The molecule has 8 aliphatic heterocycles. The molecular formula is C106H175N17O+8. The summed E-state index contributed by atoms with van der Waals surface area (Å²) in [5.41, 5.74) is 14.2. The van der Waals surface area contributed by atoms with E-state index >= 15 is 0 Å². The molecule has 124 heavy (non-hydrogen) atoms. The summed E-state index contributed by atoms with van der Waals surface area (Å²) in [6.07, 6.45) is 41.7. The minimum Gasteiger partial charge on any atom is -0.388 e. The minimum absolute atomic E-state index is 0.331. The predicted octanol–water partition coefficient (Wildman–Crippen LogP) is 21.4. The molecule has 10 aromatic heterocycles. The highest BCUT2D eigenvalue weighted by Crippen LogP contribution is 2.52. The third-order valence-corrected chi connectivity index (χ3v) is 30.0. The van der Waals surface area contributed by atoms with Gasteiger partial charge >= 0.3 is 11.4 Å². The Morgan fingerprint density at radius 3 is 1.53 bits per heavy atom. The van der Waals surface area contributed by atoms with E-state index in [9.17, 15) is 0 Å². The van der Waals surface area contributed by atoms with Crippen LogP contribution in [0.15, 0.2) is 134 Å². The Labute approximate surface area is 751 Å². The van der Waals surface area contributed by atoms with Crippen LogP contribution in [-0.4, -0.2) is 146 Å². The maximum Gasteiger partial charge on any atom is 0.401 e. The van der Waals surface area contributed by atoms with E-state index in [0.717, 1.165) is 95.3 Å². The molecule has 682 valence electrons. The number of pyridine rings is 5. The lowest BCUT2D eigenvalue weighted by Crippen LogP contribution is -2.77. The van der Waals surface area contributed by atoms with Crippen molar-refractivity contribution in [3.8, 4) is 0 Å². The van der Waals surface area contributed by atoms with Gasteiger partial charge in [0, 0.05) is 123 Å². The monoisotopic (exact) mass is 1700 g/mol. The average molecular weight is 1700 g/mol. The van der Waals surface area contributed by atoms with Crippen LogP contribution in [0, 0.1) is 0 Å². The fraction of sp³-hybridized carbons (Fsp3) is 0.679. The SMILES string of the molecule is CC(C)N1C2CC3CC1CC(C2)[N+]3(C)C(C)C.CC(C)N1C2CCC1C1CCC2[N+]1(C)C(C)C.CC(C)N1CCCc2n1cc[n+]2C(C)C.CC(C)c1cc[n+](C(C)C)c2c1CCC2.CC(C)c1ccc2c[n+](C(C)C)cn2c1.CC(C)c1nc2ccc[n+](C(C)C)c2o1.CC(C)n1ccc2c1ccc[n+]2C(C)C.CC(C)n1cnc2c1ccc[n+]2C(C)C. The van der Waals surface area contributed by atoms with E-state index in [4.69, 9.17) is 4.42 Å². The zero-order valence-electron chi connectivity index (χ0n) is 84.4. The molecule has 1 aliphatic carbocycles. The van der Waals surface area contributed by atoms with Crippen LogP contribution in [0.1, 0.15) is 386 Å². The number of hydrogen-bond acceptors (Lipinski definition) is 6. The van der Waals surface area contributed by atoms with Crippen molar-refractivity contribution in [1.82, 2.24) is 38.0 Å². The molecule has 18 heterocycles. The lowest BCUT2D eigenvalue weighted by molar-refractivity contribution is -0.988. The van der Waals surface area contributed by atoms with Gasteiger partial charge in [0.25, 0.3) is 5.82 Å². The van der Waals surface area contributed by atoms with Crippen molar-refractivity contribution in [1.29, 1.82) is 0 Å². The molecule has 18 heteroatoms. The van der Waals surface area contributed by atoms with Gasteiger partial charge in [-0.1, -0.05) is 47.6 Å². The lowest BCUT2D eigenvalue weighted by atomic mass is 9.70. The van der Waals surface area contributed by atoms with Crippen molar-refractivity contribution in [3.05, 3.63) is 163 Å². The van der Waals surface area contributed by atoms with Crippen LogP contribution in [0.3, 0.4) is 0 Å². The van der Waals surface area contributed by atoms with Crippen LogP contribution < -0.4 is 32.4 Å². The Kier molecular flexibility index (Phi) is 32.1. The number of nitrogens with zero attached hydrogens (tertiary/aromatic N) is 17. The van der Waals surface area contributed by atoms with Gasteiger partial charge < -0.3 is 22.5 Å². The van der Waals surface area contributed by atoms with E-state index in [1.165, 1.54) is 132 Å². The van der Waals surface area contributed by atoms with Gasteiger partial charge in [0.1, 0.15) is 35.5 Å². The predicted molar refractivity (Wildman–Crippen MR) is 513 cm³/mol. The second-order valence-electron chi connectivity index (χ2n) is 43.0. The first-order chi connectivity index (χ1) is 58.5. The third kappa shape index (κ3) is 20.4. The fourth-order valence-electron chi connectivity index (χ4n) is 23.1. The topological polar surface area (TPSA) is 91.1 Å². The highest BCUT2D eigenvalue weighted by molar-refractivity contribution is 5.72. The number of fused-ring (bicyclic) bond motifs is 12. The molecule has 0 amide bonds. The van der Waals surface area contributed by atoms with E-state index in [1.54, 1.807) is 16.8 Å². The van der Waals surface area contributed by atoms with Gasteiger partial charge in [-0.3, -0.25) is 9.80 Å². The maximum absolute atomic E-state index is 5.77. The van der Waals surface area contributed by atoms with Crippen molar-refractivity contribution in [3.63, 3.8) is 0 Å². The largest absolute Gasteiger partial charge is 0.401 e. The summed E-state index contributed by atoms with van der Waals surface area (Å²) in [7, 11) is 5.09. The first-order valence-electron chi connectivity index (χ1n) is 49.4. The highest BCUT2D eigenvalue weighted by Gasteiger charge is 2.64. The number of likely N-dealkylation sites (N-methyl/N-ethyl adjacent to an activating group) is 1. The zero-order valence-corrected chi connectivity index (χ0v) is 84.4. The molecule has 4 unspecified atom stereocenters. The molecule has 0 radical (unpaired) electrons. The Morgan fingerprint density at radius 1 is 0.460 bits per heavy atom. The number of aromatic nitrogens is 12. The number of quaternary nitrogens is 2. The second kappa shape index (κ2) is 40.9. The maximum atomic E-state index is 5.77. The van der Waals surface area contributed by atoms with Gasteiger partial charge in [-0.25, -0.2) is 32.7 Å². The molecule has 7 fully saturated rings. The average Bonchev–Trinajstić information content (AvgIpc) is 1.44. The van der Waals surface area contributed by atoms with E-state index in [-0.39, 0.29) is 0 Å². The standard InChI is InChI=1S/2C15H29N2.C14H22N.2C13H19N2.C12H22N3.C12H18N3.C12H17N2O/c1-10(2)16-12-6-14-8-13(16)9-15(7-12)17(14,5)11(3)4;1-10(2)16-12-6-7-13(16)15-9-8-14(12)17(15,5)11(3)4;1-10(2)12-8-9-15(11(3)4)14-7-5-6-13(12)14;1-10(2)12-5-6-13-8-14(11(3)4)9-15(13)7-12;1-10(2)14-8-5-6-12-13(14)7-9-15(12)11(3)4;1-10(2)13-8-9-15-12(13)6-5-7-14(15)11(3)4;1-9(2)14-7-5-6-11-12(14)13-8-15(11)10(3)4;1-8(2)11-13-10-6-5-7-14(9(3)4)12(10)15-11/h2*10-15H,6-9H2,1-5H3;8-11H,5-7H2,1-4H3;2*5-11H,1-4H3;8-11H,5-7H2,1-4H3;5-10H,1-4H3;5-9H,1-4H3/q8*+1. The Balaban J connectivity index is 0.000000138. The van der Waals surface area contributed by atoms with Crippen LogP contribution in [0.4, 0.5) is 0 Å². The van der Waals surface area contributed by atoms with Crippen LogP contribution in [-0.2, 0) is 19.3 Å². The highest BCUT2D eigenvalue weighted by atomic mass is 16.4. The molecule has 0 N–H and O–H groups in total. The normalized spacial score (nSPS) is 23.1. The summed E-state index contributed by atoms with van der Waals surface area (Å²) >= 11 is 0. The summed E-state index contributed by atoms with van der Waals surface area (Å²) in [5, 5.41) is 2.44. The van der Waals surface area contributed by atoms with Gasteiger partial charge in [0.15, 0.2) is 59.6 Å².